The summed E-state index contributed by atoms with van der Waals surface area (Å²) in [5.41, 5.74) is 1.27. The third-order valence-corrected chi connectivity index (χ3v) is 4.41. The van der Waals surface area contributed by atoms with Crippen LogP contribution < -0.4 is 4.74 Å². The molecule has 2 heterocycles. The molecule has 1 fully saturated rings. The Kier molecular flexibility index (Phi) is 5.99. The van der Waals surface area contributed by atoms with E-state index in [0.717, 1.165) is 0 Å². The highest BCUT2D eigenvalue weighted by atomic mass is 16.5. The van der Waals surface area contributed by atoms with E-state index in [1.165, 1.54) is 0 Å². The summed E-state index contributed by atoms with van der Waals surface area (Å²) in [6, 6.07) is 6.73. The maximum Gasteiger partial charge on any atom is 0.421 e. The number of aliphatic hydroxyl groups excluding tert-OH is 1. The molecular formula is C18H20N4O6. The van der Waals surface area contributed by atoms with Crippen LogP contribution in [0.1, 0.15) is 36.4 Å². The second-order valence-corrected chi connectivity index (χ2v) is 6.35. The first-order valence-corrected chi connectivity index (χ1v) is 8.82. The molecule has 1 aromatic carbocycles. The number of nitrogens with zero attached hydrogens (tertiary/aromatic N) is 4. The normalized spacial score (nSPS) is 17.0. The third-order valence-electron chi connectivity index (χ3n) is 4.41. The Hall–Kier alpha value is -3.27. The number of hydrogen-bond acceptors (Lipinski definition) is 7. The van der Waals surface area contributed by atoms with Gasteiger partial charge in [0.25, 0.3) is 0 Å². The zero-order valence-corrected chi connectivity index (χ0v) is 15.0. The van der Waals surface area contributed by atoms with Crippen molar-refractivity contribution in [3.05, 3.63) is 41.7 Å². The number of amides is 3. The van der Waals surface area contributed by atoms with Gasteiger partial charge in [-0.2, -0.15) is 4.90 Å². The Bertz CT molecular complexity index is 863. The Morgan fingerprint density at radius 3 is 2.68 bits per heavy atom. The van der Waals surface area contributed by atoms with E-state index in [-0.39, 0.29) is 26.1 Å². The average Bonchev–Trinajstić information content (AvgIpc) is 3.13. The lowest BCUT2D eigenvalue weighted by Gasteiger charge is -2.27. The molecule has 3 amide bonds. The van der Waals surface area contributed by atoms with E-state index in [2.05, 4.69) is 10.3 Å². The van der Waals surface area contributed by atoms with Gasteiger partial charge in [-0.1, -0.05) is 17.3 Å². The minimum atomic E-state index is -1.55. The fourth-order valence-corrected chi connectivity index (χ4v) is 2.99. The van der Waals surface area contributed by atoms with Crippen molar-refractivity contribution >= 4 is 17.9 Å². The minimum Gasteiger partial charge on any atom is -0.487 e. The van der Waals surface area contributed by atoms with Gasteiger partial charge in [-0.3, -0.25) is 14.3 Å². The SMILES string of the molecule is O=C(O)N1C(=O)CCC(c2ccc(OCc3cn(CCCO)nn3)cc2)C1=O. The fraction of sp³-hybridized carbons (Fsp3) is 0.389. The number of carboxylic acid groups (broad SMARTS) is 1. The van der Waals surface area contributed by atoms with Crippen molar-refractivity contribution in [1.82, 2.24) is 19.9 Å². The van der Waals surface area contributed by atoms with Gasteiger partial charge in [-0.25, -0.2) is 4.79 Å². The molecule has 10 heteroatoms. The molecule has 1 aliphatic heterocycles. The van der Waals surface area contributed by atoms with E-state index in [4.69, 9.17) is 14.9 Å². The lowest BCUT2D eigenvalue weighted by Crippen LogP contribution is -2.47. The van der Waals surface area contributed by atoms with Crippen molar-refractivity contribution in [2.45, 2.75) is 38.3 Å². The number of benzene rings is 1. The summed E-state index contributed by atoms with van der Waals surface area (Å²) in [6.45, 7) is 0.867. The standard InChI is InChI=1S/C18H20N4O6/c23-9-1-8-21-10-13(19-20-21)11-28-14-4-2-12(3-5-14)15-6-7-16(24)22(17(15)25)18(26)27/h2-5,10,15,23H,1,6-9,11H2,(H,26,27). The minimum absolute atomic E-state index is 0.00684. The molecule has 0 bridgehead atoms. The summed E-state index contributed by atoms with van der Waals surface area (Å²) in [4.78, 5) is 35.4. The smallest absolute Gasteiger partial charge is 0.421 e. The molecule has 2 aromatic rings. The van der Waals surface area contributed by atoms with Crippen LogP contribution in [0.25, 0.3) is 0 Å². The highest BCUT2D eigenvalue weighted by molar-refractivity contribution is 6.11. The highest BCUT2D eigenvalue weighted by Gasteiger charge is 2.39. The van der Waals surface area contributed by atoms with Crippen LogP contribution in [0.4, 0.5) is 4.79 Å². The van der Waals surface area contributed by atoms with Crippen LogP contribution in [0.5, 0.6) is 5.75 Å². The Morgan fingerprint density at radius 1 is 1.25 bits per heavy atom. The molecule has 0 spiro atoms. The van der Waals surface area contributed by atoms with Crippen molar-refractivity contribution in [1.29, 1.82) is 0 Å². The number of ether oxygens (including phenoxy) is 1. The molecule has 0 radical (unpaired) electrons. The largest absolute Gasteiger partial charge is 0.487 e. The van der Waals surface area contributed by atoms with Crippen LogP contribution in [-0.2, 0) is 22.7 Å². The number of aromatic nitrogens is 3. The van der Waals surface area contributed by atoms with Gasteiger partial charge >= 0.3 is 6.09 Å². The van der Waals surface area contributed by atoms with Crippen molar-refractivity contribution in [3.8, 4) is 5.75 Å². The van der Waals surface area contributed by atoms with E-state index < -0.39 is 23.8 Å². The van der Waals surface area contributed by atoms with E-state index in [0.29, 0.717) is 34.9 Å². The number of aryl methyl sites for hydroxylation is 1. The van der Waals surface area contributed by atoms with E-state index in [1.807, 2.05) is 0 Å². The van der Waals surface area contributed by atoms with Gasteiger partial charge in [0.2, 0.25) is 11.8 Å². The topological polar surface area (TPSA) is 135 Å². The average molecular weight is 388 g/mol. The van der Waals surface area contributed by atoms with Crippen LogP contribution in [0, 0.1) is 0 Å². The monoisotopic (exact) mass is 388 g/mol. The fourth-order valence-electron chi connectivity index (χ4n) is 2.99. The Balaban J connectivity index is 1.60. The summed E-state index contributed by atoms with van der Waals surface area (Å²) in [7, 11) is 0. The number of likely N-dealkylation sites (tertiary alicyclic amines) is 1. The first kappa shape index (κ1) is 19.5. The summed E-state index contributed by atoms with van der Waals surface area (Å²) < 4.78 is 7.27. The molecule has 3 rings (SSSR count). The molecule has 1 aliphatic rings. The van der Waals surface area contributed by atoms with E-state index >= 15 is 0 Å². The van der Waals surface area contributed by atoms with Gasteiger partial charge in [0.15, 0.2) is 0 Å². The molecule has 0 aliphatic carbocycles. The van der Waals surface area contributed by atoms with Crippen molar-refractivity contribution in [3.63, 3.8) is 0 Å². The number of hydrogen-bond donors (Lipinski definition) is 2. The predicted molar refractivity (Wildman–Crippen MR) is 94.4 cm³/mol. The molecule has 0 saturated carbocycles. The van der Waals surface area contributed by atoms with Crippen LogP contribution in [-0.4, -0.2) is 54.6 Å². The van der Waals surface area contributed by atoms with Gasteiger partial charge in [0.1, 0.15) is 18.1 Å². The molecular weight excluding hydrogens is 368 g/mol. The number of piperidine rings is 1. The van der Waals surface area contributed by atoms with Gasteiger partial charge in [0.05, 0.1) is 12.1 Å². The molecule has 1 unspecified atom stereocenters. The second kappa shape index (κ2) is 8.61. The van der Waals surface area contributed by atoms with Crippen molar-refractivity contribution < 1.29 is 29.3 Å². The summed E-state index contributed by atoms with van der Waals surface area (Å²) in [5.74, 6) is -1.53. The Morgan fingerprint density at radius 2 is 2.00 bits per heavy atom. The van der Waals surface area contributed by atoms with Gasteiger partial charge < -0.3 is 14.9 Å². The zero-order valence-electron chi connectivity index (χ0n) is 15.0. The predicted octanol–water partition coefficient (Wildman–Crippen LogP) is 1.15. The lowest BCUT2D eigenvalue weighted by molar-refractivity contribution is -0.146. The van der Waals surface area contributed by atoms with E-state index in [1.54, 1.807) is 35.1 Å². The molecule has 148 valence electrons. The quantitative estimate of drug-likeness (QED) is 0.675. The van der Waals surface area contributed by atoms with Gasteiger partial charge in [0, 0.05) is 19.6 Å². The number of imide groups is 3. The first-order chi connectivity index (χ1) is 13.5. The maximum absolute atomic E-state index is 12.3. The molecule has 1 atom stereocenters. The highest BCUT2D eigenvalue weighted by Crippen LogP contribution is 2.30. The lowest BCUT2D eigenvalue weighted by atomic mass is 9.89. The molecule has 28 heavy (non-hydrogen) atoms. The second-order valence-electron chi connectivity index (χ2n) is 6.35. The van der Waals surface area contributed by atoms with E-state index in [9.17, 15) is 14.4 Å². The molecule has 10 nitrogen and oxygen atoms in total. The van der Waals surface area contributed by atoms with Crippen molar-refractivity contribution in [2.75, 3.05) is 6.61 Å². The first-order valence-electron chi connectivity index (χ1n) is 8.82. The third kappa shape index (κ3) is 4.34. The number of carbonyl (C=O) groups excluding carboxylic acids is 2. The Labute approximate surface area is 160 Å². The summed E-state index contributed by atoms with van der Waals surface area (Å²) in [6.07, 6.45) is 1.07. The summed E-state index contributed by atoms with van der Waals surface area (Å²) >= 11 is 0. The molecule has 1 aromatic heterocycles. The zero-order chi connectivity index (χ0) is 20.1. The van der Waals surface area contributed by atoms with Crippen LogP contribution in [0.3, 0.4) is 0 Å². The molecule has 2 N–H and O–H groups in total. The maximum atomic E-state index is 12.3. The number of aliphatic hydroxyl groups is 1. The van der Waals surface area contributed by atoms with Crippen LogP contribution >= 0.6 is 0 Å². The molecule has 1 saturated heterocycles. The summed E-state index contributed by atoms with van der Waals surface area (Å²) in [5, 5.41) is 25.8. The van der Waals surface area contributed by atoms with Crippen LogP contribution in [0.2, 0.25) is 0 Å². The van der Waals surface area contributed by atoms with Gasteiger partial charge in [-0.15, -0.1) is 5.10 Å². The number of rotatable bonds is 7. The van der Waals surface area contributed by atoms with Crippen molar-refractivity contribution in [2.24, 2.45) is 0 Å². The van der Waals surface area contributed by atoms with Crippen LogP contribution in [0.15, 0.2) is 30.5 Å². The van der Waals surface area contributed by atoms with Gasteiger partial charge in [-0.05, 0) is 30.5 Å². The number of carbonyl (C=O) groups is 3.